The molecule has 0 heterocycles. The van der Waals surface area contributed by atoms with Crippen LogP contribution in [0.5, 0.6) is 0 Å². The van der Waals surface area contributed by atoms with Crippen molar-refractivity contribution in [3.63, 3.8) is 0 Å². The van der Waals surface area contributed by atoms with Crippen molar-refractivity contribution in [1.82, 2.24) is 0 Å². The predicted molar refractivity (Wildman–Crippen MR) is 43.1 cm³/mol. The molecule has 1 N–H and O–H groups in total. The van der Waals surface area contributed by atoms with Gasteiger partial charge in [0.1, 0.15) is 0 Å². The fourth-order valence-corrected chi connectivity index (χ4v) is 3.17. The lowest BCUT2D eigenvalue weighted by Crippen LogP contribution is -2.10. The van der Waals surface area contributed by atoms with Gasteiger partial charge < -0.3 is 5.11 Å². The molecule has 0 bridgehead atoms. The van der Waals surface area contributed by atoms with Crippen LogP contribution in [0.4, 0.5) is 0 Å². The van der Waals surface area contributed by atoms with Gasteiger partial charge in [-0.05, 0) is 37.0 Å². The van der Waals surface area contributed by atoms with Crippen molar-refractivity contribution in [2.75, 3.05) is 0 Å². The Bertz CT molecular complexity index is 231. The van der Waals surface area contributed by atoms with Crippen LogP contribution in [0.1, 0.15) is 32.1 Å². The second-order valence-electron chi connectivity index (χ2n) is 4.36. The Balaban J connectivity index is 1.98. The van der Waals surface area contributed by atoms with Gasteiger partial charge in [0.2, 0.25) is 0 Å². The van der Waals surface area contributed by atoms with E-state index < -0.39 is 0 Å². The summed E-state index contributed by atoms with van der Waals surface area (Å²) in [4.78, 5) is 0. The second kappa shape index (κ2) is 1.71. The molecule has 0 aromatic heterocycles. The highest BCUT2D eigenvalue weighted by Gasteiger charge is 2.62. The van der Waals surface area contributed by atoms with Gasteiger partial charge in [0, 0.05) is 0 Å². The van der Waals surface area contributed by atoms with E-state index in [1.807, 2.05) is 0 Å². The summed E-state index contributed by atoms with van der Waals surface area (Å²) in [6.45, 7) is 0. The SMILES string of the molecule is O[C@H]1C=C2CCCC[C@@]23C[C@@H]13. The van der Waals surface area contributed by atoms with Crippen molar-refractivity contribution in [3.8, 4) is 0 Å². The zero-order valence-corrected chi connectivity index (χ0v) is 6.71. The molecule has 3 rings (SSSR count). The number of rotatable bonds is 0. The molecule has 3 aliphatic carbocycles. The van der Waals surface area contributed by atoms with Crippen molar-refractivity contribution in [2.45, 2.75) is 38.2 Å². The minimum atomic E-state index is -0.0805. The molecule has 1 heteroatoms. The summed E-state index contributed by atoms with van der Waals surface area (Å²) in [5.74, 6) is 0.637. The molecule has 3 atom stereocenters. The first-order chi connectivity index (χ1) is 5.33. The maximum Gasteiger partial charge on any atom is 0.0760 e. The molecular formula is C10H14O. The molecule has 1 nitrogen and oxygen atoms in total. The molecule has 0 aromatic rings. The van der Waals surface area contributed by atoms with Gasteiger partial charge in [0.25, 0.3) is 0 Å². The van der Waals surface area contributed by atoms with E-state index in [1.54, 1.807) is 5.57 Å². The summed E-state index contributed by atoms with van der Waals surface area (Å²) >= 11 is 0. The van der Waals surface area contributed by atoms with Crippen LogP contribution in [-0.2, 0) is 0 Å². The quantitative estimate of drug-likeness (QED) is 0.523. The van der Waals surface area contributed by atoms with Crippen LogP contribution in [0, 0.1) is 11.3 Å². The zero-order valence-electron chi connectivity index (χ0n) is 6.71. The van der Waals surface area contributed by atoms with E-state index in [2.05, 4.69) is 6.08 Å². The number of hydrogen-bond acceptors (Lipinski definition) is 1. The highest BCUT2D eigenvalue weighted by Crippen LogP contribution is 2.68. The lowest BCUT2D eigenvalue weighted by Gasteiger charge is -2.22. The zero-order chi connectivity index (χ0) is 7.47. The highest BCUT2D eigenvalue weighted by molar-refractivity contribution is 5.36. The van der Waals surface area contributed by atoms with Gasteiger partial charge in [-0.15, -0.1) is 0 Å². The molecule has 60 valence electrons. The molecule has 3 aliphatic rings. The van der Waals surface area contributed by atoms with E-state index in [0.717, 1.165) is 0 Å². The van der Waals surface area contributed by atoms with E-state index in [1.165, 1.54) is 32.1 Å². The number of aliphatic hydroxyl groups is 1. The molecule has 0 radical (unpaired) electrons. The first kappa shape index (κ1) is 6.24. The molecule has 0 aliphatic heterocycles. The van der Waals surface area contributed by atoms with Gasteiger partial charge in [0.15, 0.2) is 0 Å². The highest BCUT2D eigenvalue weighted by atomic mass is 16.3. The van der Waals surface area contributed by atoms with Crippen molar-refractivity contribution in [3.05, 3.63) is 11.6 Å². The normalized spacial score (nSPS) is 53.0. The summed E-state index contributed by atoms with van der Waals surface area (Å²) in [5.41, 5.74) is 2.14. The summed E-state index contributed by atoms with van der Waals surface area (Å²) in [6.07, 6.45) is 8.72. The van der Waals surface area contributed by atoms with Crippen LogP contribution in [0.15, 0.2) is 11.6 Å². The fraction of sp³-hybridized carbons (Fsp3) is 0.800. The molecule has 0 aromatic carbocycles. The first-order valence-electron chi connectivity index (χ1n) is 4.72. The first-order valence-corrected chi connectivity index (χ1v) is 4.72. The standard InChI is InChI=1S/C10H14O/c11-9-5-7-3-1-2-4-10(7)6-8(9)10/h5,8-9,11H,1-4,6H2/t8-,9-,10+/m0/s1. The van der Waals surface area contributed by atoms with E-state index in [9.17, 15) is 5.11 Å². The Kier molecular flexibility index (Phi) is 0.972. The smallest absolute Gasteiger partial charge is 0.0760 e. The van der Waals surface area contributed by atoms with Gasteiger partial charge in [0.05, 0.1) is 6.10 Å². The lowest BCUT2D eigenvalue weighted by atomic mass is 9.82. The van der Waals surface area contributed by atoms with E-state index in [4.69, 9.17) is 0 Å². The Morgan fingerprint density at radius 2 is 2.36 bits per heavy atom. The molecular weight excluding hydrogens is 136 g/mol. The largest absolute Gasteiger partial charge is 0.389 e. The predicted octanol–water partition coefficient (Wildman–Crippen LogP) is 1.87. The van der Waals surface area contributed by atoms with E-state index in [-0.39, 0.29) is 6.10 Å². The Labute approximate surface area is 67.1 Å². The maximum absolute atomic E-state index is 9.59. The van der Waals surface area contributed by atoms with Crippen molar-refractivity contribution in [2.24, 2.45) is 11.3 Å². The van der Waals surface area contributed by atoms with Crippen LogP contribution in [0.25, 0.3) is 0 Å². The third-order valence-electron chi connectivity index (χ3n) is 3.88. The van der Waals surface area contributed by atoms with Crippen molar-refractivity contribution >= 4 is 0 Å². The van der Waals surface area contributed by atoms with Gasteiger partial charge in [-0.25, -0.2) is 0 Å². The van der Waals surface area contributed by atoms with Gasteiger partial charge in [-0.2, -0.15) is 0 Å². The average Bonchev–Trinajstić information content (AvgIpc) is 2.65. The minimum absolute atomic E-state index is 0.0805. The topological polar surface area (TPSA) is 20.2 Å². The van der Waals surface area contributed by atoms with Gasteiger partial charge in [-0.3, -0.25) is 0 Å². The van der Waals surface area contributed by atoms with Crippen LogP contribution in [0.2, 0.25) is 0 Å². The Morgan fingerprint density at radius 1 is 1.45 bits per heavy atom. The molecule has 0 unspecified atom stereocenters. The molecule has 1 spiro atoms. The summed E-state index contributed by atoms with van der Waals surface area (Å²) in [7, 11) is 0. The second-order valence-corrected chi connectivity index (χ2v) is 4.36. The Hall–Kier alpha value is -0.300. The summed E-state index contributed by atoms with van der Waals surface area (Å²) < 4.78 is 0. The monoisotopic (exact) mass is 150 g/mol. The minimum Gasteiger partial charge on any atom is -0.389 e. The van der Waals surface area contributed by atoms with Gasteiger partial charge in [-0.1, -0.05) is 18.1 Å². The van der Waals surface area contributed by atoms with E-state index in [0.29, 0.717) is 11.3 Å². The van der Waals surface area contributed by atoms with Crippen LogP contribution < -0.4 is 0 Å². The molecule has 2 fully saturated rings. The summed E-state index contributed by atoms with van der Waals surface area (Å²) in [6, 6.07) is 0. The van der Waals surface area contributed by atoms with Crippen molar-refractivity contribution in [1.29, 1.82) is 0 Å². The molecule has 0 amide bonds. The fourth-order valence-electron chi connectivity index (χ4n) is 3.17. The lowest BCUT2D eigenvalue weighted by molar-refractivity contribution is 0.193. The maximum atomic E-state index is 9.59. The van der Waals surface area contributed by atoms with Gasteiger partial charge >= 0.3 is 0 Å². The third-order valence-corrected chi connectivity index (χ3v) is 3.88. The van der Waals surface area contributed by atoms with Crippen LogP contribution in [0.3, 0.4) is 0 Å². The van der Waals surface area contributed by atoms with Crippen LogP contribution >= 0.6 is 0 Å². The average molecular weight is 150 g/mol. The third kappa shape index (κ3) is 0.610. The number of hydrogen-bond donors (Lipinski definition) is 1. The van der Waals surface area contributed by atoms with Crippen LogP contribution in [-0.4, -0.2) is 11.2 Å². The Morgan fingerprint density at radius 3 is 3.09 bits per heavy atom. The molecule has 0 saturated heterocycles. The molecule has 2 saturated carbocycles. The number of allylic oxidation sites excluding steroid dienone is 1. The number of aliphatic hydroxyl groups excluding tert-OH is 1. The molecule has 11 heavy (non-hydrogen) atoms. The van der Waals surface area contributed by atoms with Crippen molar-refractivity contribution < 1.29 is 5.11 Å². The summed E-state index contributed by atoms with van der Waals surface area (Å²) in [5, 5.41) is 9.59. The van der Waals surface area contributed by atoms with E-state index >= 15 is 0 Å².